The lowest BCUT2D eigenvalue weighted by Crippen LogP contribution is -2.34. The molecule has 0 spiro atoms. The van der Waals surface area contributed by atoms with Crippen molar-refractivity contribution >= 4 is 11.3 Å². The van der Waals surface area contributed by atoms with Gasteiger partial charge in [-0.1, -0.05) is 39.8 Å². The van der Waals surface area contributed by atoms with Gasteiger partial charge in [-0.25, -0.2) is 0 Å². The molecule has 0 amide bonds. The van der Waals surface area contributed by atoms with E-state index < -0.39 is 0 Å². The Hall–Kier alpha value is -1.08. The molecule has 3 rings (SSSR count). The van der Waals surface area contributed by atoms with Crippen LogP contribution in [0, 0.1) is 6.92 Å². The average Bonchev–Trinajstić information content (AvgIpc) is 2.88. The third-order valence-electron chi connectivity index (χ3n) is 5.03. The Balaban J connectivity index is 2.25. The van der Waals surface area contributed by atoms with Gasteiger partial charge in [-0.15, -0.1) is 0 Å². The molecule has 106 valence electrons. The van der Waals surface area contributed by atoms with Crippen LogP contribution in [0.3, 0.4) is 0 Å². The summed E-state index contributed by atoms with van der Waals surface area (Å²) in [6, 6.07) is 7.15. The zero-order chi connectivity index (χ0) is 14.5. The third-order valence-corrected chi connectivity index (χ3v) is 5.71. The summed E-state index contributed by atoms with van der Waals surface area (Å²) in [5, 5.41) is 4.43. The molecule has 1 aliphatic rings. The van der Waals surface area contributed by atoms with Gasteiger partial charge in [0.25, 0.3) is 0 Å². The Bertz CT molecular complexity index is 630. The van der Waals surface area contributed by atoms with Gasteiger partial charge in [0.15, 0.2) is 0 Å². The summed E-state index contributed by atoms with van der Waals surface area (Å²) in [6.45, 7) is 11.8. The van der Waals surface area contributed by atoms with Crippen LogP contribution in [0.25, 0.3) is 11.1 Å². The Morgan fingerprint density at radius 1 is 0.950 bits per heavy atom. The molecule has 0 atom stereocenters. The molecular weight excluding hydrogens is 260 g/mol. The van der Waals surface area contributed by atoms with Crippen molar-refractivity contribution in [1.82, 2.24) is 0 Å². The van der Waals surface area contributed by atoms with E-state index in [-0.39, 0.29) is 0 Å². The fraction of sp³-hybridized carbons (Fsp3) is 0.474. The molecule has 0 N–H and O–H groups in total. The first-order chi connectivity index (χ1) is 9.31. The summed E-state index contributed by atoms with van der Waals surface area (Å²) < 4.78 is 0. The fourth-order valence-corrected chi connectivity index (χ4v) is 4.11. The van der Waals surface area contributed by atoms with E-state index in [0.717, 1.165) is 0 Å². The number of aryl methyl sites for hydroxylation is 1. The molecule has 1 heterocycles. The minimum absolute atomic E-state index is 0.295. The SMILES string of the molecule is Cc1cc2c(cc1-c1ccsc1)C(C)(C)CCC2(C)C. The molecule has 1 aliphatic carbocycles. The zero-order valence-corrected chi connectivity index (χ0v) is 14.0. The van der Waals surface area contributed by atoms with Crippen LogP contribution in [-0.4, -0.2) is 0 Å². The van der Waals surface area contributed by atoms with Crippen molar-refractivity contribution in [2.45, 2.75) is 58.3 Å². The highest BCUT2D eigenvalue weighted by atomic mass is 32.1. The monoisotopic (exact) mass is 284 g/mol. The van der Waals surface area contributed by atoms with Gasteiger partial charge in [-0.2, -0.15) is 11.3 Å². The predicted molar refractivity (Wildman–Crippen MR) is 89.8 cm³/mol. The van der Waals surface area contributed by atoms with Crippen LogP contribution < -0.4 is 0 Å². The van der Waals surface area contributed by atoms with Crippen LogP contribution in [0.5, 0.6) is 0 Å². The molecule has 0 nitrogen and oxygen atoms in total. The molecule has 20 heavy (non-hydrogen) atoms. The normalized spacial score (nSPS) is 19.6. The molecule has 0 radical (unpaired) electrons. The van der Waals surface area contributed by atoms with Crippen molar-refractivity contribution in [2.24, 2.45) is 0 Å². The highest BCUT2D eigenvalue weighted by Gasteiger charge is 2.37. The lowest BCUT2D eigenvalue weighted by molar-refractivity contribution is 0.332. The lowest BCUT2D eigenvalue weighted by atomic mass is 9.62. The van der Waals surface area contributed by atoms with E-state index in [1.807, 2.05) is 0 Å². The zero-order valence-electron chi connectivity index (χ0n) is 13.2. The smallest absolute Gasteiger partial charge is 0.00146 e. The van der Waals surface area contributed by atoms with Gasteiger partial charge in [-0.05, 0) is 75.2 Å². The maximum Gasteiger partial charge on any atom is -0.00146 e. The Kier molecular flexibility index (Phi) is 3.10. The van der Waals surface area contributed by atoms with Gasteiger partial charge < -0.3 is 0 Å². The van der Waals surface area contributed by atoms with Crippen molar-refractivity contribution in [3.05, 3.63) is 45.6 Å². The highest BCUT2D eigenvalue weighted by molar-refractivity contribution is 7.08. The minimum Gasteiger partial charge on any atom is -0.152 e. The summed E-state index contributed by atoms with van der Waals surface area (Å²) in [5.41, 5.74) is 7.91. The molecule has 2 aromatic rings. The summed E-state index contributed by atoms with van der Waals surface area (Å²) in [6.07, 6.45) is 2.56. The Labute approximate surface area is 126 Å². The maximum atomic E-state index is 2.47. The van der Waals surface area contributed by atoms with Crippen molar-refractivity contribution < 1.29 is 0 Å². The van der Waals surface area contributed by atoms with E-state index in [0.29, 0.717) is 10.8 Å². The molecule has 0 fully saturated rings. The van der Waals surface area contributed by atoms with Crippen LogP contribution in [0.15, 0.2) is 29.0 Å². The van der Waals surface area contributed by atoms with Crippen molar-refractivity contribution in [2.75, 3.05) is 0 Å². The Morgan fingerprint density at radius 2 is 1.55 bits per heavy atom. The number of benzene rings is 1. The van der Waals surface area contributed by atoms with Crippen molar-refractivity contribution in [1.29, 1.82) is 0 Å². The second-order valence-corrected chi connectivity index (χ2v) is 8.27. The van der Waals surface area contributed by atoms with Crippen LogP contribution in [0.1, 0.15) is 57.2 Å². The van der Waals surface area contributed by atoms with Crippen molar-refractivity contribution in [3.63, 3.8) is 0 Å². The minimum atomic E-state index is 0.295. The average molecular weight is 284 g/mol. The first-order valence-corrected chi connectivity index (χ1v) is 8.44. The molecular formula is C19H24S. The Morgan fingerprint density at radius 3 is 2.10 bits per heavy atom. The van der Waals surface area contributed by atoms with Gasteiger partial charge in [0, 0.05) is 0 Å². The number of rotatable bonds is 1. The van der Waals surface area contributed by atoms with Crippen LogP contribution >= 0.6 is 11.3 Å². The van der Waals surface area contributed by atoms with E-state index >= 15 is 0 Å². The number of hydrogen-bond donors (Lipinski definition) is 0. The van der Waals surface area contributed by atoms with Crippen molar-refractivity contribution in [3.8, 4) is 11.1 Å². The molecule has 0 bridgehead atoms. The van der Waals surface area contributed by atoms with Gasteiger partial charge in [0.1, 0.15) is 0 Å². The summed E-state index contributed by atoms with van der Waals surface area (Å²) >= 11 is 1.78. The summed E-state index contributed by atoms with van der Waals surface area (Å²) in [7, 11) is 0. The highest BCUT2D eigenvalue weighted by Crippen LogP contribution is 2.47. The molecule has 1 aromatic heterocycles. The topological polar surface area (TPSA) is 0 Å². The number of thiophene rings is 1. The fourth-order valence-electron chi connectivity index (χ4n) is 3.45. The number of fused-ring (bicyclic) bond motifs is 1. The largest absolute Gasteiger partial charge is 0.152 e. The van der Waals surface area contributed by atoms with Gasteiger partial charge in [0.2, 0.25) is 0 Å². The van der Waals surface area contributed by atoms with E-state index in [9.17, 15) is 0 Å². The van der Waals surface area contributed by atoms with E-state index in [1.54, 1.807) is 22.5 Å². The van der Waals surface area contributed by atoms with Gasteiger partial charge >= 0.3 is 0 Å². The van der Waals surface area contributed by atoms with E-state index in [4.69, 9.17) is 0 Å². The molecule has 0 unspecified atom stereocenters. The molecule has 1 heteroatoms. The number of hydrogen-bond acceptors (Lipinski definition) is 1. The van der Waals surface area contributed by atoms with Crippen LogP contribution in [0.4, 0.5) is 0 Å². The standard InChI is InChI=1S/C19H24S/c1-13-10-16-17(11-15(13)14-6-9-20-12-14)19(4,5)8-7-18(16,2)3/h6,9-12H,7-8H2,1-5H3. The lowest BCUT2D eigenvalue weighted by Gasteiger charge is -2.42. The summed E-state index contributed by atoms with van der Waals surface area (Å²) in [4.78, 5) is 0. The second kappa shape index (κ2) is 4.46. The van der Waals surface area contributed by atoms with Crippen LogP contribution in [-0.2, 0) is 10.8 Å². The van der Waals surface area contributed by atoms with E-state index in [2.05, 4.69) is 63.6 Å². The third kappa shape index (κ3) is 2.13. The maximum absolute atomic E-state index is 2.47. The van der Waals surface area contributed by atoms with Crippen LogP contribution in [0.2, 0.25) is 0 Å². The van der Waals surface area contributed by atoms with E-state index in [1.165, 1.54) is 29.5 Å². The second-order valence-electron chi connectivity index (χ2n) is 7.49. The first-order valence-electron chi connectivity index (χ1n) is 7.49. The molecule has 1 aromatic carbocycles. The first kappa shape index (κ1) is 13.9. The molecule has 0 aliphatic heterocycles. The molecule has 0 saturated carbocycles. The van der Waals surface area contributed by atoms with Gasteiger partial charge in [0.05, 0.1) is 0 Å². The predicted octanol–water partition coefficient (Wildman–Crippen LogP) is 6.07. The summed E-state index contributed by atoms with van der Waals surface area (Å²) in [5.74, 6) is 0. The van der Waals surface area contributed by atoms with Gasteiger partial charge in [-0.3, -0.25) is 0 Å². The molecule has 0 saturated heterocycles. The quantitative estimate of drug-likeness (QED) is 0.596.